The van der Waals surface area contributed by atoms with Crippen LogP contribution in [0, 0.1) is 17.0 Å². The van der Waals surface area contributed by atoms with E-state index in [1.165, 1.54) is 0 Å². The summed E-state index contributed by atoms with van der Waals surface area (Å²) in [5.41, 5.74) is 5.79. The first-order valence-electron chi connectivity index (χ1n) is 6.78. The molecular weight excluding hydrogens is 260 g/mol. The number of nitrogens with one attached hydrogen (secondary N) is 1. The minimum atomic E-state index is -0.461. The molecule has 1 unspecified atom stereocenters. The lowest BCUT2D eigenvalue weighted by Crippen LogP contribution is -2.42. The zero-order valence-electron chi connectivity index (χ0n) is 11.8. The molecule has 1 atom stereocenters. The predicted octanol–water partition coefficient (Wildman–Crippen LogP) is 1.17. The van der Waals surface area contributed by atoms with Gasteiger partial charge in [-0.05, 0) is 32.9 Å². The highest BCUT2D eigenvalue weighted by molar-refractivity contribution is 5.60. The Hall–Kier alpha value is -1.96. The van der Waals surface area contributed by atoms with E-state index in [0.29, 0.717) is 0 Å². The van der Waals surface area contributed by atoms with E-state index in [-0.39, 0.29) is 29.2 Å². The van der Waals surface area contributed by atoms with Gasteiger partial charge in [-0.1, -0.05) is 6.92 Å². The fraction of sp³-hybridized carbons (Fsp3) is 0.667. The van der Waals surface area contributed by atoms with Gasteiger partial charge in [0.2, 0.25) is 11.8 Å². The number of anilines is 2. The van der Waals surface area contributed by atoms with E-state index < -0.39 is 4.92 Å². The predicted molar refractivity (Wildman–Crippen MR) is 76.6 cm³/mol. The second-order valence-electron chi connectivity index (χ2n) is 5.00. The summed E-state index contributed by atoms with van der Waals surface area (Å²) in [6.07, 6.45) is 2.04. The molecule has 8 nitrogen and oxygen atoms in total. The zero-order chi connectivity index (χ0) is 14.7. The standard InChI is InChI=1S/C12H20N6O2/c1-3-17-6-4-5-9(7-17)15-11-10(18(19)20)8(2)14-12(13)16-11/h9H,3-7H2,1-2H3,(H3,13,14,15,16). The van der Waals surface area contributed by atoms with Gasteiger partial charge in [-0.25, -0.2) is 4.98 Å². The molecule has 0 aromatic carbocycles. The Labute approximate surface area is 117 Å². The number of rotatable bonds is 4. The van der Waals surface area contributed by atoms with Crippen LogP contribution in [0.2, 0.25) is 0 Å². The van der Waals surface area contributed by atoms with E-state index in [0.717, 1.165) is 32.5 Å². The SMILES string of the molecule is CCN1CCCC(Nc2nc(N)nc(C)c2[N+](=O)[O-])C1. The maximum Gasteiger partial charge on any atom is 0.332 e. The van der Waals surface area contributed by atoms with Gasteiger partial charge in [-0.3, -0.25) is 10.1 Å². The molecule has 1 aromatic rings. The van der Waals surface area contributed by atoms with Crippen LogP contribution in [-0.4, -0.2) is 45.5 Å². The molecule has 0 aliphatic carbocycles. The molecule has 0 bridgehead atoms. The number of piperidine rings is 1. The molecule has 1 aliphatic heterocycles. The lowest BCUT2D eigenvalue weighted by Gasteiger charge is -2.32. The van der Waals surface area contributed by atoms with Crippen molar-refractivity contribution >= 4 is 17.5 Å². The van der Waals surface area contributed by atoms with E-state index in [4.69, 9.17) is 5.73 Å². The number of nitrogens with two attached hydrogens (primary N) is 1. The summed E-state index contributed by atoms with van der Waals surface area (Å²) >= 11 is 0. The molecule has 0 spiro atoms. The molecule has 110 valence electrons. The van der Waals surface area contributed by atoms with Crippen LogP contribution in [-0.2, 0) is 0 Å². The second kappa shape index (κ2) is 6.00. The van der Waals surface area contributed by atoms with Crippen molar-refractivity contribution in [1.29, 1.82) is 0 Å². The fourth-order valence-corrected chi connectivity index (χ4v) is 2.56. The van der Waals surface area contributed by atoms with Gasteiger partial charge in [0.1, 0.15) is 5.69 Å². The maximum absolute atomic E-state index is 11.2. The van der Waals surface area contributed by atoms with Gasteiger partial charge >= 0.3 is 5.69 Å². The number of hydrogen-bond donors (Lipinski definition) is 2. The van der Waals surface area contributed by atoms with Crippen LogP contribution in [0.5, 0.6) is 0 Å². The van der Waals surface area contributed by atoms with Crippen LogP contribution in [0.4, 0.5) is 17.5 Å². The summed E-state index contributed by atoms with van der Waals surface area (Å²) < 4.78 is 0. The quantitative estimate of drug-likeness (QED) is 0.629. The number of aromatic nitrogens is 2. The molecule has 0 amide bonds. The number of likely N-dealkylation sites (tertiary alicyclic amines) is 1. The first-order chi connectivity index (χ1) is 9.51. The third-order valence-electron chi connectivity index (χ3n) is 3.55. The molecule has 1 aromatic heterocycles. The van der Waals surface area contributed by atoms with Crippen molar-refractivity contribution in [2.45, 2.75) is 32.7 Å². The lowest BCUT2D eigenvalue weighted by molar-refractivity contribution is -0.385. The highest BCUT2D eigenvalue weighted by Gasteiger charge is 2.25. The molecule has 2 heterocycles. The lowest BCUT2D eigenvalue weighted by atomic mass is 10.1. The van der Waals surface area contributed by atoms with Gasteiger partial charge in [-0.2, -0.15) is 4.98 Å². The minimum Gasteiger partial charge on any atom is -0.368 e. The molecule has 2 rings (SSSR count). The van der Waals surface area contributed by atoms with Gasteiger partial charge in [0.15, 0.2) is 0 Å². The van der Waals surface area contributed by atoms with Crippen LogP contribution in [0.25, 0.3) is 0 Å². The summed E-state index contributed by atoms with van der Waals surface area (Å²) in [4.78, 5) is 20.8. The fourth-order valence-electron chi connectivity index (χ4n) is 2.56. The number of likely N-dealkylation sites (N-methyl/N-ethyl adjacent to an activating group) is 1. The third-order valence-corrected chi connectivity index (χ3v) is 3.55. The van der Waals surface area contributed by atoms with Crippen molar-refractivity contribution in [3.63, 3.8) is 0 Å². The number of nitro groups is 1. The van der Waals surface area contributed by atoms with Crippen molar-refractivity contribution in [1.82, 2.24) is 14.9 Å². The van der Waals surface area contributed by atoms with Crippen LogP contribution in [0.3, 0.4) is 0 Å². The Morgan fingerprint density at radius 3 is 2.95 bits per heavy atom. The molecule has 1 saturated heterocycles. The Kier molecular flexibility index (Phi) is 4.33. The Morgan fingerprint density at radius 1 is 1.55 bits per heavy atom. The molecule has 0 saturated carbocycles. The Bertz CT molecular complexity index is 507. The van der Waals surface area contributed by atoms with E-state index in [2.05, 4.69) is 27.1 Å². The van der Waals surface area contributed by atoms with Gasteiger partial charge in [0.05, 0.1) is 4.92 Å². The average Bonchev–Trinajstić information content (AvgIpc) is 2.37. The normalized spacial score (nSPS) is 19.8. The van der Waals surface area contributed by atoms with Crippen molar-refractivity contribution in [2.24, 2.45) is 0 Å². The van der Waals surface area contributed by atoms with E-state index in [1.54, 1.807) is 6.92 Å². The first-order valence-corrected chi connectivity index (χ1v) is 6.78. The largest absolute Gasteiger partial charge is 0.368 e. The molecule has 1 aliphatic rings. The van der Waals surface area contributed by atoms with Crippen LogP contribution in [0.15, 0.2) is 0 Å². The van der Waals surface area contributed by atoms with Crippen molar-refractivity contribution in [3.8, 4) is 0 Å². The van der Waals surface area contributed by atoms with Crippen LogP contribution < -0.4 is 11.1 Å². The number of nitrogens with zero attached hydrogens (tertiary/aromatic N) is 4. The van der Waals surface area contributed by atoms with E-state index in [9.17, 15) is 10.1 Å². The van der Waals surface area contributed by atoms with E-state index in [1.807, 2.05) is 0 Å². The maximum atomic E-state index is 11.2. The second-order valence-corrected chi connectivity index (χ2v) is 5.00. The van der Waals surface area contributed by atoms with Crippen LogP contribution >= 0.6 is 0 Å². The Balaban J connectivity index is 2.22. The van der Waals surface area contributed by atoms with Gasteiger partial charge in [0.25, 0.3) is 0 Å². The summed E-state index contributed by atoms with van der Waals surface area (Å²) in [6.45, 7) is 6.59. The minimum absolute atomic E-state index is 0.0544. The highest BCUT2D eigenvalue weighted by atomic mass is 16.6. The summed E-state index contributed by atoms with van der Waals surface area (Å²) in [7, 11) is 0. The van der Waals surface area contributed by atoms with Gasteiger partial charge in [0, 0.05) is 12.6 Å². The highest BCUT2D eigenvalue weighted by Crippen LogP contribution is 2.27. The van der Waals surface area contributed by atoms with Crippen molar-refractivity contribution in [2.75, 3.05) is 30.7 Å². The molecule has 8 heteroatoms. The van der Waals surface area contributed by atoms with Crippen LogP contribution in [0.1, 0.15) is 25.5 Å². The first kappa shape index (κ1) is 14.4. The molecule has 0 radical (unpaired) electrons. The number of hydrogen-bond acceptors (Lipinski definition) is 7. The summed E-state index contributed by atoms with van der Waals surface area (Å²) in [5, 5.41) is 14.3. The van der Waals surface area contributed by atoms with Gasteiger partial charge in [-0.15, -0.1) is 0 Å². The van der Waals surface area contributed by atoms with Crippen molar-refractivity contribution < 1.29 is 4.92 Å². The molecule has 20 heavy (non-hydrogen) atoms. The Morgan fingerprint density at radius 2 is 2.30 bits per heavy atom. The molecule has 1 fully saturated rings. The van der Waals surface area contributed by atoms with E-state index >= 15 is 0 Å². The number of nitrogen functional groups attached to an aromatic ring is 1. The summed E-state index contributed by atoms with van der Waals surface area (Å²) in [5.74, 6) is 0.279. The molecular formula is C12H20N6O2. The topological polar surface area (TPSA) is 110 Å². The molecule has 3 N–H and O–H groups in total. The third kappa shape index (κ3) is 3.13. The zero-order valence-corrected chi connectivity index (χ0v) is 11.8. The van der Waals surface area contributed by atoms with Crippen molar-refractivity contribution in [3.05, 3.63) is 15.8 Å². The van der Waals surface area contributed by atoms with Gasteiger partial charge < -0.3 is 16.0 Å². The smallest absolute Gasteiger partial charge is 0.332 e. The monoisotopic (exact) mass is 280 g/mol. The number of aryl methyl sites for hydroxylation is 1. The summed E-state index contributed by atoms with van der Waals surface area (Å²) in [6, 6.07) is 0.149. The average molecular weight is 280 g/mol.